The van der Waals surface area contributed by atoms with Gasteiger partial charge in [-0.3, -0.25) is 14.6 Å². The molecule has 1 unspecified atom stereocenters. The van der Waals surface area contributed by atoms with Crippen molar-refractivity contribution in [1.29, 1.82) is 0 Å². The number of aromatic nitrogens is 3. The van der Waals surface area contributed by atoms with Crippen molar-refractivity contribution < 1.29 is 9.18 Å². The Morgan fingerprint density at radius 3 is 2.61 bits per heavy atom. The molecule has 0 saturated carbocycles. The monoisotopic (exact) mass is 414 g/mol. The molecule has 31 heavy (non-hydrogen) atoms. The van der Waals surface area contributed by atoms with Crippen LogP contribution in [-0.4, -0.2) is 20.9 Å². The van der Waals surface area contributed by atoms with Crippen LogP contribution >= 0.6 is 0 Å². The van der Waals surface area contributed by atoms with Crippen molar-refractivity contribution in [3.63, 3.8) is 0 Å². The number of carbonyl (C=O) groups is 1. The van der Waals surface area contributed by atoms with Crippen LogP contribution in [0.2, 0.25) is 0 Å². The third-order valence-corrected chi connectivity index (χ3v) is 4.74. The van der Waals surface area contributed by atoms with E-state index >= 15 is 0 Å². The van der Waals surface area contributed by atoms with Crippen LogP contribution in [0.1, 0.15) is 27.7 Å². The summed E-state index contributed by atoms with van der Waals surface area (Å²) >= 11 is 0. The molecule has 1 amide bonds. The molecule has 0 aliphatic heterocycles. The minimum absolute atomic E-state index is 0.218. The Kier molecular flexibility index (Phi) is 5.93. The first-order chi connectivity index (χ1) is 15.1. The van der Waals surface area contributed by atoms with Crippen LogP contribution in [0.3, 0.4) is 0 Å². The molecule has 2 heterocycles. The smallest absolute Gasteiger partial charge is 0.251 e. The maximum atomic E-state index is 13.6. The molecule has 0 fully saturated rings. The summed E-state index contributed by atoms with van der Waals surface area (Å²) in [6.07, 6.45) is 3.53. The van der Waals surface area contributed by atoms with E-state index in [0.29, 0.717) is 17.1 Å². The van der Waals surface area contributed by atoms with E-state index < -0.39 is 17.8 Å². The van der Waals surface area contributed by atoms with E-state index in [1.54, 1.807) is 30.6 Å². The zero-order valence-corrected chi connectivity index (χ0v) is 16.5. The van der Waals surface area contributed by atoms with E-state index in [4.69, 9.17) is 0 Å². The van der Waals surface area contributed by atoms with E-state index in [2.05, 4.69) is 20.3 Å². The van der Waals surface area contributed by atoms with Gasteiger partial charge in [0.2, 0.25) is 0 Å². The van der Waals surface area contributed by atoms with Crippen LogP contribution in [0.5, 0.6) is 0 Å². The number of nitrogens with one attached hydrogen (secondary N) is 2. The minimum atomic E-state index is -0.485. The number of hydrogen-bond acceptors (Lipinski definition) is 4. The van der Waals surface area contributed by atoms with Crippen LogP contribution in [-0.2, 0) is 6.42 Å². The fraction of sp³-hybridized carbons (Fsp3) is 0.0833. The second kappa shape index (κ2) is 9.13. The van der Waals surface area contributed by atoms with Gasteiger partial charge in [0.25, 0.3) is 11.5 Å². The highest BCUT2D eigenvalue weighted by Crippen LogP contribution is 2.19. The van der Waals surface area contributed by atoms with E-state index in [1.807, 2.05) is 30.3 Å². The zero-order chi connectivity index (χ0) is 21.6. The van der Waals surface area contributed by atoms with Gasteiger partial charge in [-0.25, -0.2) is 9.37 Å². The number of amides is 1. The van der Waals surface area contributed by atoms with Crippen molar-refractivity contribution >= 4 is 5.91 Å². The van der Waals surface area contributed by atoms with Gasteiger partial charge in [-0.2, -0.15) is 0 Å². The van der Waals surface area contributed by atoms with Crippen LogP contribution in [0.15, 0.2) is 90.0 Å². The lowest BCUT2D eigenvalue weighted by Crippen LogP contribution is -2.30. The molecule has 0 bridgehead atoms. The second-order valence-corrected chi connectivity index (χ2v) is 6.98. The molecule has 0 aliphatic carbocycles. The summed E-state index contributed by atoms with van der Waals surface area (Å²) in [5.74, 6) is -0.495. The number of pyridine rings is 1. The molecule has 4 rings (SSSR count). The molecule has 1 atom stereocenters. The predicted octanol–water partition coefficient (Wildman–Crippen LogP) is 3.68. The van der Waals surface area contributed by atoms with E-state index in [1.165, 1.54) is 24.3 Å². The number of aromatic amines is 1. The van der Waals surface area contributed by atoms with Crippen molar-refractivity contribution in [3.8, 4) is 11.4 Å². The van der Waals surface area contributed by atoms with Gasteiger partial charge in [-0.1, -0.05) is 36.4 Å². The number of H-pyrrole nitrogens is 1. The first-order valence-electron chi connectivity index (χ1n) is 9.70. The molecule has 6 nitrogen and oxygen atoms in total. The van der Waals surface area contributed by atoms with Gasteiger partial charge in [0, 0.05) is 36.0 Å². The average molecular weight is 414 g/mol. The first-order valence-corrected chi connectivity index (χ1v) is 9.70. The Labute approximate surface area is 177 Å². The summed E-state index contributed by atoms with van der Waals surface area (Å²) in [4.78, 5) is 36.3. The predicted molar refractivity (Wildman–Crippen MR) is 115 cm³/mol. The largest absolute Gasteiger partial charge is 0.345 e. The van der Waals surface area contributed by atoms with Gasteiger partial charge in [0.15, 0.2) is 0 Å². The van der Waals surface area contributed by atoms with Gasteiger partial charge in [-0.15, -0.1) is 0 Å². The van der Waals surface area contributed by atoms with Gasteiger partial charge < -0.3 is 10.3 Å². The van der Waals surface area contributed by atoms with Crippen molar-refractivity contribution in [2.45, 2.75) is 12.5 Å². The fourth-order valence-electron chi connectivity index (χ4n) is 3.27. The highest BCUT2D eigenvalue weighted by atomic mass is 19.1. The standard InChI is InChI=1S/C24H19FN4O2/c25-19-10-4-8-17(12-19)24(31)28-21(16-6-2-1-3-7-16)13-20-14-22(30)29-23(27-20)18-9-5-11-26-15-18/h1-12,14-15,21H,13H2,(H,28,31)(H,27,29,30). The number of halogens is 1. The molecule has 0 saturated heterocycles. The molecule has 4 aromatic rings. The molecule has 0 spiro atoms. The molecule has 7 heteroatoms. The van der Waals surface area contributed by atoms with Crippen molar-refractivity contribution in [1.82, 2.24) is 20.3 Å². The molecule has 2 aromatic heterocycles. The molecule has 154 valence electrons. The Bertz CT molecular complexity index is 1240. The molecule has 0 radical (unpaired) electrons. The van der Waals surface area contributed by atoms with Crippen molar-refractivity contribution in [3.05, 3.63) is 118 Å². The summed E-state index contributed by atoms with van der Waals surface area (Å²) in [5.41, 5.74) is 1.96. The van der Waals surface area contributed by atoms with Crippen LogP contribution < -0.4 is 10.9 Å². The average Bonchev–Trinajstić information content (AvgIpc) is 2.79. The lowest BCUT2D eigenvalue weighted by atomic mass is 10.0. The highest BCUT2D eigenvalue weighted by Gasteiger charge is 2.18. The lowest BCUT2D eigenvalue weighted by molar-refractivity contribution is 0.0936. The molecular formula is C24H19FN4O2. The normalized spacial score (nSPS) is 11.6. The number of benzene rings is 2. The summed E-state index contributed by atoms with van der Waals surface area (Å²) in [6, 6.07) is 19.4. The quantitative estimate of drug-likeness (QED) is 0.504. The van der Waals surface area contributed by atoms with E-state index in [0.717, 1.165) is 5.56 Å². The van der Waals surface area contributed by atoms with E-state index in [-0.39, 0.29) is 17.5 Å². The number of rotatable bonds is 6. The van der Waals surface area contributed by atoms with Gasteiger partial charge >= 0.3 is 0 Å². The van der Waals surface area contributed by atoms with Crippen LogP contribution in [0.4, 0.5) is 4.39 Å². The Hall–Kier alpha value is -4.13. The van der Waals surface area contributed by atoms with Gasteiger partial charge in [0.05, 0.1) is 11.7 Å². The Morgan fingerprint density at radius 2 is 1.87 bits per heavy atom. The van der Waals surface area contributed by atoms with Crippen molar-refractivity contribution in [2.24, 2.45) is 0 Å². The molecule has 2 N–H and O–H groups in total. The number of carbonyl (C=O) groups excluding carboxylic acids is 1. The Balaban J connectivity index is 1.65. The fourth-order valence-corrected chi connectivity index (χ4v) is 3.27. The van der Waals surface area contributed by atoms with Crippen LogP contribution in [0, 0.1) is 5.82 Å². The number of nitrogens with zero attached hydrogens (tertiary/aromatic N) is 2. The third-order valence-electron chi connectivity index (χ3n) is 4.74. The molecule has 0 aliphatic rings. The van der Waals surface area contributed by atoms with Crippen LogP contribution in [0.25, 0.3) is 11.4 Å². The SMILES string of the molecule is O=C(NC(Cc1cc(=O)[nH]c(-c2cccnc2)n1)c1ccccc1)c1cccc(F)c1. The van der Waals surface area contributed by atoms with Gasteiger partial charge in [-0.05, 0) is 35.9 Å². The number of hydrogen-bond donors (Lipinski definition) is 2. The summed E-state index contributed by atoms with van der Waals surface area (Å²) < 4.78 is 13.6. The summed E-state index contributed by atoms with van der Waals surface area (Å²) in [6.45, 7) is 0. The maximum Gasteiger partial charge on any atom is 0.251 e. The summed E-state index contributed by atoms with van der Waals surface area (Å²) in [5, 5.41) is 2.93. The summed E-state index contributed by atoms with van der Waals surface area (Å²) in [7, 11) is 0. The highest BCUT2D eigenvalue weighted by molar-refractivity contribution is 5.94. The minimum Gasteiger partial charge on any atom is -0.345 e. The Morgan fingerprint density at radius 1 is 1.03 bits per heavy atom. The van der Waals surface area contributed by atoms with Crippen molar-refractivity contribution in [2.75, 3.05) is 0 Å². The third kappa shape index (κ3) is 5.08. The van der Waals surface area contributed by atoms with E-state index in [9.17, 15) is 14.0 Å². The first kappa shape index (κ1) is 20.2. The lowest BCUT2D eigenvalue weighted by Gasteiger charge is -2.19. The second-order valence-electron chi connectivity index (χ2n) is 6.98. The topological polar surface area (TPSA) is 87.7 Å². The zero-order valence-electron chi connectivity index (χ0n) is 16.5. The van der Waals surface area contributed by atoms with Gasteiger partial charge in [0.1, 0.15) is 11.6 Å². The molecule has 2 aromatic carbocycles. The maximum absolute atomic E-state index is 13.6. The molecular weight excluding hydrogens is 395 g/mol.